The number of aliphatic hydroxyl groups excluding tert-OH is 1. The number of para-hydroxylation sites is 1. The highest BCUT2D eigenvalue weighted by Crippen LogP contribution is 2.54. The van der Waals surface area contributed by atoms with Gasteiger partial charge >= 0.3 is 0 Å². The molecule has 0 spiro atoms. The molecule has 2 atom stereocenters. The Labute approximate surface area is 155 Å². The Hall–Kier alpha value is -2.33. The van der Waals surface area contributed by atoms with Crippen LogP contribution < -0.4 is 10.1 Å². The van der Waals surface area contributed by atoms with Crippen molar-refractivity contribution in [3.8, 4) is 5.75 Å². The number of methoxy groups -OCH3 is 1. The van der Waals surface area contributed by atoms with Crippen LogP contribution in [0.25, 0.3) is 0 Å². The fraction of sp³-hybridized carbons (Fsp3) is 0.409. The number of benzene rings is 2. The van der Waals surface area contributed by atoms with Crippen molar-refractivity contribution >= 4 is 5.91 Å². The number of hydrogen-bond donors (Lipinski definition) is 2. The van der Waals surface area contributed by atoms with Gasteiger partial charge in [-0.25, -0.2) is 0 Å². The van der Waals surface area contributed by atoms with Gasteiger partial charge in [-0.1, -0.05) is 55.5 Å². The Morgan fingerprint density at radius 2 is 1.81 bits per heavy atom. The summed E-state index contributed by atoms with van der Waals surface area (Å²) in [5, 5.41) is 13.7. The molecule has 0 radical (unpaired) electrons. The minimum atomic E-state index is -0.532. The first-order chi connectivity index (χ1) is 12.6. The average Bonchev–Trinajstić information content (AvgIpc) is 3.47. The van der Waals surface area contributed by atoms with Crippen molar-refractivity contribution in [1.29, 1.82) is 0 Å². The topological polar surface area (TPSA) is 58.6 Å². The molecule has 3 rings (SSSR count). The molecule has 2 aromatic carbocycles. The molecule has 1 aliphatic rings. The van der Waals surface area contributed by atoms with Crippen LogP contribution in [0.15, 0.2) is 54.6 Å². The van der Waals surface area contributed by atoms with E-state index in [0.29, 0.717) is 13.0 Å². The third-order valence-corrected chi connectivity index (χ3v) is 5.39. The fourth-order valence-corrected chi connectivity index (χ4v) is 3.50. The van der Waals surface area contributed by atoms with Gasteiger partial charge in [0.1, 0.15) is 5.75 Å². The lowest BCUT2D eigenvalue weighted by Gasteiger charge is -2.23. The van der Waals surface area contributed by atoms with Crippen LogP contribution >= 0.6 is 0 Å². The zero-order chi connectivity index (χ0) is 18.6. The third-order valence-electron chi connectivity index (χ3n) is 5.39. The maximum Gasteiger partial charge on any atom is 0.220 e. The molecule has 0 aromatic heterocycles. The van der Waals surface area contributed by atoms with Crippen molar-refractivity contribution in [2.75, 3.05) is 13.7 Å². The van der Waals surface area contributed by atoms with Gasteiger partial charge in [-0.3, -0.25) is 4.79 Å². The third kappa shape index (κ3) is 4.07. The lowest BCUT2D eigenvalue weighted by atomic mass is 9.92. The van der Waals surface area contributed by atoms with E-state index in [4.69, 9.17) is 4.74 Å². The van der Waals surface area contributed by atoms with E-state index in [-0.39, 0.29) is 17.2 Å². The number of carbonyl (C=O) groups is 1. The number of amides is 1. The number of nitrogens with one attached hydrogen (secondary N) is 1. The van der Waals surface area contributed by atoms with Crippen LogP contribution in [0.4, 0.5) is 0 Å². The number of aliphatic hydroxyl groups is 1. The molecular formula is C22H27NO3. The van der Waals surface area contributed by atoms with Gasteiger partial charge in [0.2, 0.25) is 5.91 Å². The van der Waals surface area contributed by atoms with Crippen LogP contribution in [-0.2, 0) is 4.79 Å². The summed E-state index contributed by atoms with van der Waals surface area (Å²) in [4.78, 5) is 12.4. The zero-order valence-corrected chi connectivity index (χ0v) is 15.4. The van der Waals surface area contributed by atoms with Gasteiger partial charge in [-0.15, -0.1) is 0 Å². The molecule has 1 saturated carbocycles. The minimum Gasteiger partial charge on any atom is -0.496 e. The molecule has 1 fully saturated rings. The molecule has 138 valence electrons. The number of carbonyl (C=O) groups excluding carboxylic acids is 1. The molecule has 0 bridgehead atoms. The van der Waals surface area contributed by atoms with Crippen molar-refractivity contribution in [1.82, 2.24) is 5.32 Å². The normalized spacial score (nSPS) is 17.2. The van der Waals surface area contributed by atoms with E-state index in [2.05, 4.69) is 5.32 Å². The van der Waals surface area contributed by atoms with Crippen LogP contribution in [0.3, 0.4) is 0 Å². The van der Waals surface area contributed by atoms with E-state index in [1.54, 1.807) is 7.11 Å². The highest BCUT2D eigenvalue weighted by molar-refractivity contribution is 5.77. The van der Waals surface area contributed by atoms with Crippen LogP contribution in [0.2, 0.25) is 0 Å². The Morgan fingerprint density at radius 3 is 2.46 bits per heavy atom. The van der Waals surface area contributed by atoms with E-state index in [0.717, 1.165) is 29.7 Å². The monoisotopic (exact) mass is 353 g/mol. The Morgan fingerprint density at radius 1 is 1.15 bits per heavy atom. The second-order valence-corrected chi connectivity index (χ2v) is 7.30. The van der Waals surface area contributed by atoms with E-state index in [1.165, 1.54) is 0 Å². The fourth-order valence-electron chi connectivity index (χ4n) is 3.50. The Kier molecular flexibility index (Phi) is 5.62. The summed E-state index contributed by atoms with van der Waals surface area (Å²) >= 11 is 0. The number of hydrogen-bond acceptors (Lipinski definition) is 3. The standard InChI is InChI=1S/C22H27NO3/c1-16(18-10-6-7-11-19(18)26-2)14-20(24)23-15-22(12-13-22)21(25)17-8-4-3-5-9-17/h3-11,16,21,25H,12-15H2,1-2H3,(H,23,24)/t16-,21-/m0/s1. The Balaban J connectivity index is 1.56. The van der Waals surface area contributed by atoms with Crippen molar-refractivity contribution in [2.24, 2.45) is 5.41 Å². The van der Waals surface area contributed by atoms with Gasteiger partial charge in [0.15, 0.2) is 0 Å². The quantitative estimate of drug-likeness (QED) is 0.758. The SMILES string of the molecule is COc1ccccc1[C@@H](C)CC(=O)NCC1([C@@H](O)c2ccccc2)CC1. The summed E-state index contributed by atoms with van der Waals surface area (Å²) in [6, 6.07) is 17.5. The molecule has 4 nitrogen and oxygen atoms in total. The first-order valence-corrected chi connectivity index (χ1v) is 9.18. The molecule has 0 saturated heterocycles. The first-order valence-electron chi connectivity index (χ1n) is 9.18. The van der Waals surface area contributed by atoms with Crippen molar-refractivity contribution in [3.63, 3.8) is 0 Å². The lowest BCUT2D eigenvalue weighted by Crippen LogP contribution is -2.33. The number of rotatable bonds is 8. The zero-order valence-electron chi connectivity index (χ0n) is 15.4. The lowest BCUT2D eigenvalue weighted by molar-refractivity contribution is -0.121. The second kappa shape index (κ2) is 7.92. The van der Waals surface area contributed by atoms with Crippen molar-refractivity contribution in [2.45, 2.75) is 38.2 Å². The van der Waals surface area contributed by atoms with Crippen molar-refractivity contribution in [3.05, 3.63) is 65.7 Å². The van der Waals surface area contributed by atoms with E-state index in [1.807, 2.05) is 61.5 Å². The highest BCUT2D eigenvalue weighted by Gasteiger charge is 2.49. The van der Waals surface area contributed by atoms with Gasteiger partial charge < -0.3 is 15.2 Å². The molecule has 0 heterocycles. The summed E-state index contributed by atoms with van der Waals surface area (Å²) < 4.78 is 5.39. The molecule has 2 N–H and O–H groups in total. The van der Waals surface area contributed by atoms with Crippen LogP contribution in [0, 0.1) is 5.41 Å². The van der Waals surface area contributed by atoms with Crippen LogP contribution in [0.1, 0.15) is 49.3 Å². The van der Waals surface area contributed by atoms with Crippen molar-refractivity contribution < 1.29 is 14.6 Å². The van der Waals surface area contributed by atoms with Gasteiger partial charge in [0.25, 0.3) is 0 Å². The highest BCUT2D eigenvalue weighted by atomic mass is 16.5. The molecule has 4 heteroatoms. The van der Waals surface area contributed by atoms with Gasteiger partial charge in [-0.2, -0.15) is 0 Å². The largest absolute Gasteiger partial charge is 0.496 e. The molecule has 2 aromatic rings. The van der Waals surface area contributed by atoms with Gasteiger partial charge in [0.05, 0.1) is 13.2 Å². The summed E-state index contributed by atoms with van der Waals surface area (Å²) in [6.07, 6.45) is 1.74. The molecular weight excluding hydrogens is 326 g/mol. The summed E-state index contributed by atoms with van der Waals surface area (Å²) in [6.45, 7) is 2.55. The van der Waals surface area contributed by atoms with Crippen LogP contribution in [-0.4, -0.2) is 24.7 Å². The summed E-state index contributed by atoms with van der Waals surface area (Å²) in [5.41, 5.74) is 1.74. The first kappa shape index (κ1) is 18.5. The summed E-state index contributed by atoms with van der Waals surface area (Å²) in [7, 11) is 1.65. The molecule has 1 amide bonds. The smallest absolute Gasteiger partial charge is 0.220 e. The average molecular weight is 353 g/mol. The minimum absolute atomic E-state index is 0.00921. The molecule has 1 aliphatic carbocycles. The summed E-state index contributed by atoms with van der Waals surface area (Å²) in [5.74, 6) is 0.890. The molecule has 26 heavy (non-hydrogen) atoms. The van der Waals surface area contributed by atoms with E-state index in [9.17, 15) is 9.90 Å². The maximum atomic E-state index is 12.4. The number of ether oxygens (including phenoxy) is 1. The van der Waals surface area contributed by atoms with Gasteiger partial charge in [0, 0.05) is 18.4 Å². The Bertz CT molecular complexity index is 740. The van der Waals surface area contributed by atoms with Crippen LogP contribution in [0.5, 0.6) is 5.75 Å². The predicted molar refractivity (Wildman–Crippen MR) is 102 cm³/mol. The molecule has 0 aliphatic heterocycles. The van der Waals surface area contributed by atoms with Gasteiger partial charge in [-0.05, 0) is 36.0 Å². The predicted octanol–water partition coefficient (Wildman–Crippen LogP) is 3.82. The molecule has 0 unspecified atom stereocenters. The maximum absolute atomic E-state index is 12.4. The second-order valence-electron chi connectivity index (χ2n) is 7.30. The van der Waals surface area contributed by atoms with E-state index >= 15 is 0 Å². The van der Waals surface area contributed by atoms with E-state index < -0.39 is 6.10 Å².